The molecule has 0 atom stereocenters. The molecule has 0 aromatic carbocycles. The van der Waals surface area contributed by atoms with Crippen LogP contribution >= 0.6 is 22.6 Å². The van der Waals surface area contributed by atoms with Gasteiger partial charge in [-0.25, -0.2) is 0 Å². The van der Waals surface area contributed by atoms with Crippen molar-refractivity contribution >= 4 is 22.6 Å². The number of rotatable bonds is 11. The van der Waals surface area contributed by atoms with Gasteiger partial charge in [0, 0.05) is 12.8 Å². The first-order chi connectivity index (χ1) is 8.41. The Bertz CT molecular complexity index is 187. The summed E-state index contributed by atoms with van der Waals surface area (Å²) in [5.74, 6) is 6.63. The molecule has 0 bridgehead atoms. The van der Waals surface area contributed by atoms with Crippen LogP contribution < -0.4 is 0 Å². The van der Waals surface area contributed by atoms with E-state index in [0.717, 1.165) is 12.8 Å². The minimum absolute atomic E-state index is 1.12. The molecule has 1 heteroatoms. The molecule has 0 aliphatic heterocycles. The van der Waals surface area contributed by atoms with Crippen molar-refractivity contribution in [2.45, 2.75) is 84.0 Å². The lowest BCUT2D eigenvalue weighted by Crippen LogP contribution is -1.79. The van der Waals surface area contributed by atoms with E-state index in [1.54, 1.807) is 0 Å². The van der Waals surface area contributed by atoms with Crippen LogP contribution in [0.15, 0.2) is 0 Å². The number of unbranched alkanes of at least 4 members (excludes halogenated alkanes) is 10. The molecule has 0 rings (SSSR count). The molecule has 0 nitrogen and oxygen atoms in total. The molecule has 0 unspecified atom stereocenters. The first-order valence-corrected chi connectivity index (χ1v) is 8.96. The average Bonchev–Trinajstić information content (AvgIpc) is 2.35. The van der Waals surface area contributed by atoms with Crippen LogP contribution in [0, 0.1) is 11.8 Å². The minimum Gasteiger partial charge on any atom is -0.103 e. The molecule has 0 aromatic rings. The van der Waals surface area contributed by atoms with E-state index in [4.69, 9.17) is 0 Å². The van der Waals surface area contributed by atoms with Crippen molar-refractivity contribution in [3.63, 3.8) is 0 Å². The third-order valence-electron chi connectivity index (χ3n) is 2.97. The fraction of sp³-hybridized carbons (Fsp3) is 0.875. The van der Waals surface area contributed by atoms with Crippen molar-refractivity contribution in [3.8, 4) is 11.8 Å². The molecule has 0 heterocycles. The number of alkyl halides is 1. The smallest absolute Gasteiger partial charge is 0.00886 e. The van der Waals surface area contributed by atoms with E-state index in [1.165, 1.54) is 68.6 Å². The van der Waals surface area contributed by atoms with Gasteiger partial charge in [-0.2, -0.15) is 0 Å². The van der Waals surface area contributed by atoms with E-state index < -0.39 is 0 Å². The van der Waals surface area contributed by atoms with Gasteiger partial charge in [0.05, 0.1) is 0 Å². The maximum absolute atomic E-state index is 3.32. The summed E-state index contributed by atoms with van der Waals surface area (Å²) >= 11 is 2.45. The van der Waals surface area contributed by atoms with E-state index in [0.29, 0.717) is 0 Å². The van der Waals surface area contributed by atoms with Crippen molar-refractivity contribution in [3.05, 3.63) is 0 Å². The van der Waals surface area contributed by atoms with Gasteiger partial charge >= 0.3 is 0 Å². The van der Waals surface area contributed by atoms with Gasteiger partial charge in [-0.3, -0.25) is 0 Å². The Hall–Kier alpha value is 0.290. The van der Waals surface area contributed by atoms with Crippen molar-refractivity contribution in [2.24, 2.45) is 0 Å². The molecular weight excluding hydrogens is 319 g/mol. The summed E-state index contributed by atoms with van der Waals surface area (Å²) in [7, 11) is 0. The minimum atomic E-state index is 1.12. The number of hydrogen-bond acceptors (Lipinski definition) is 0. The molecule has 0 amide bonds. The van der Waals surface area contributed by atoms with E-state index in [-0.39, 0.29) is 0 Å². The SMILES string of the molecule is CCCCCCCCC#CCCCCCCI. The number of hydrogen-bond donors (Lipinski definition) is 0. The summed E-state index contributed by atoms with van der Waals surface area (Å²) < 4.78 is 1.31. The van der Waals surface area contributed by atoms with Crippen LogP contribution in [0.1, 0.15) is 84.0 Å². The Balaban J connectivity index is 3.04. The molecule has 0 N–H and O–H groups in total. The highest BCUT2D eigenvalue weighted by atomic mass is 127. The van der Waals surface area contributed by atoms with Gasteiger partial charge in [0.15, 0.2) is 0 Å². The predicted molar refractivity (Wildman–Crippen MR) is 87.7 cm³/mol. The maximum Gasteiger partial charge on any atom is 0.00886 e. The summed E-state index contributed by atoms with van der Waals surface area (Å²) in [4.78, 5) is 0. The van der Waals surface area contributed by atoms with Gasteiger partial charge in [-0.1, -0.05) is 74.5 Å². The van der Waals surface area contributed by atoms with Gasteiger partial charge in [0.25, 0.3) is 0 Å². The van der Waals surface area contributed by atoms with Crippen LogP contribution in [0.2, 0.25) is 0 Å². The zero-order chi connectivity index (χ0) is 12.6. The van der Waals surface area contributed by atoms with E-state index >= 15 is 0 Å². The Morgan fingerprint density at radius 1 is 0.647 bits per heavy atom. The Labute approximate surface area is 122 Å². The maximum atomic E-state index is 3.32. The molecule has 0 radical (unpaired) electrons. The summed E-state index contributed by atoms with van der Waals surface area (Å²) in [6.45, 7) is 2.27. The third-order valence-corrected chi connectivity index (χ3v) is 3.73. The zero-order valence-corrected chi connectivity index (χ0v) is 13.7. The lowest BCUT2D eigenvalue weighted by Gasteiger charge is -1.96. The molecule has 0 fully saturated rings. The van der Waals surface area contributed by atoms with Crippen LogP contribution in [0.3, 0.4) is 0 Å². The topological polar surface area (TPSA) is 0 Å². The Morgan fingerprint density at radius 3 is 1.65 bits per heavy atom. The normalized spacial score (nSPS) is 10.0. The molecule has 0 aromatic heterocycles. The van der Waals surface area contributed by atoms with Gasteiger partial charge in [0.1, 0.15) is 0 Å². The van der Waals surface area contributed by atoms with E-state index in [1.807, 2.05) is 0 Å². The molecule has 17 heavy (non-hydrogen) atoms. The van der Waals surface area contributed by atoms with Crippen LogP contribution in [0.4, 0.5) is 0 Å². The molecule has 0 aliphatic rings. The first-order valence-electron chi connectivity index (χ1n) is 7.43. The van der Waals surface area contributed by atoms with Gasteiger partial charge in [-0.05, 0) is 23.7 Å². The molecule has 0 saturated carbocycles. The van der Waals surface area contributed by atoms with Gasteiger partial charge < -0.3 is 0 Å². The fourth-order valence-corrected chi connectivity index (χ4v) is 2.37. The molecule has 0 spiro atoms. The Morgan fingerprint density at radius 2 is 1.12 bits per heavy atom. The van der Waals surface area contributed by atoms with Crippen molar-refractivity contribution < 1.29 is 0 Å². The summed E-state index contributed by atoms with van der Waals surface area (Å²) in [6.07, 6.45) is 16.0. The highest BCUT2D eigenvalue weighted by Crippen LogP contribution is 2.07. The largest absolute Gasteiger partial charge is 0.103 e. The van der Waals surface area contributed by atoms with Gasteiger partial charge in [-0.15, -0.1) is 11.8 Å². The fourth-order valence-electron chi connectivity index (χ4n) is 1.83. The lowest BCUT2D eigenvalue weighted by atomic mass is 10.1. The predicted octanol–water partition coefficient (Wildman–Crippen LogP) is 6.13. The Kier molecular flexibility index (Phi) is 16.6. The monoisotopic (exact) mass is 348 g/mol. The quantitative estimate of drug-likeness (QED) is 0.182. The third kappa shape index (κ3) is 16.3. The van der Waals surface area contributed by atoms with Crippen LogP contribution in [0.25, 0.3) is 0 Å². The summed E-state index contributed by atoms with van der Waals surface area (Å²) in [5.41, 5.74) is 0. The van der Waals surface area contributed by atoms with Gasteiger partial charge in [0.2, 0.25) is 0 Å². The second-order valence-corrected chi connectivity index (χ2v) is 5.80. The summed E-state index contributed by atoms with van der Waals surface area (Å²) in [6, 6.07) is 0. The zero-order valence-electron chi connectivity index (χ0n) is 11.6. The molecule has 100 valence electrons. The second kappa shape index (κ2) is 16.3. The highest BCUT2D eigenvalue weighted by Gasteiger charge is 1.88. The summed E-state index contributed by atoms with van der Waals surface area (Å²) in [5, 5.41) is 0. The van der Waals surface area contributed by atoms with Crippen LogP contribution in [0.5, 0.6) is 0 Å². The average molecular weight is 348 g/mol. The highest BCUT2D eigenvalue weighted by molar-refractivity contribution is 14.1. The van der Waals surface area contributed by atoms with Crippen molar-refractivity contribution in [2.75, 3.05) is 4.43 Å². The standard InChI is InChI=1S/C16H29I/c1-2-3-4-5-6-7-8-9-10-11-12-13-14-15-16-17/h2-8,11-16H2,1H3. The van der Waals surface area contributed by atoms with E-state index in [9.17, 15) is 0 Å². The molecule has 0 saturated heterocycles. The van der Waals surface area contributed by atoms with Crippen molar-refractivity contribution in [1.29, 1.82) is 0 Å². The molecule has 0 aliphatic carbocycles. The van der Waals surface area contributed by atoms with Crippen LogP contribution in [-0.4, -0.2) is 4.43 Å². The molecular formula is C16H29I. The van der Waals surface area contributed by atoms with Crippen molar-refractivity contribution in [1.82, 2.24) is 0 Å². The van der Waals surface area contributed by atoms with Crippen LogP contribution in [-0.2, 0) is 0 Å². The number of halogens is 1. The van der Waals surface area contributed by atoms with E-state index in [2.05, 4.69) is 41.4 Å². The lowest BCUT2D eigenvalue weighted by molar-refractivity contribution is 0.613. The second-order valence-electron chi connectivity index (χ2n) is 4.72. The first kappa shape index (κ1) is 17.3.